The molecule has 0 amide bonds. The van der Waals surface area contributed by atoms with Gasteiger partial charge >= 0.3 is 0 Å². The van der Waals surface area contributed by atoms with Crippen LogP contribution in [0.1, 0.15) is 6.92 Å². The Morgan fingerprint density at radius 2 is 2.00 bits per heavy atom. The van der Waals surface area contributed by atoms with Crippen LogP contribution in [0.4, 0.5) is 0 Å². The van der Waals surface area contributed by atoms with E-state index in [4.69, 9.17) is 20.9 Å². The van der Waals surface area contributed by atoms with E-state index >= 15 is 0 Å². The molecule has 12 heavy (non-hydrogen) atoms. The van der Waals surface area contributed by atoms with Crippen LogP contribution in [-0.2, 0) is 25.6 Å². The van der Waals surface area contributed by atoms with Gasteiger partial charge in [-0.2, -0.15) is 0 Å². The number of hydrogen-bond donors (Lipinski definition) is 0. The van der Waals surface area contributed by atoms with Crippen LogP contribution in [0.5, 0.6) is 0 Å². The Morgan fingerprint density at radius 1 is 1.58 bits per heavy atom. The van der Waals surface area contributed by atoms with Gasteiger partial charge < -0.3 is 18.9 Å². The first-order valence-electron chi connectivity index (χ1n) is 3.06. The molecule has 0 aliphatic heterocycles. The molecule has 0 spiro atoms. The minimum Gasteiger partial charge on any atom is -0.549 e. The van der Waals surface area contributed by atoms with Gasteiger partial charge in [0.15, 0.2) is 0 Å². The predicted octanol–water partition coefficient (Wildman–Crippen LogP) is 0.375. The summed E-state index contributed by atoms with van der Waals surface area (Å²) in [6.07, 6.45) is 0. The summed E-state index contributed by atoms with van der Waals surface area (Å²) in [5, 5.41) is 9.62. The zero-order valence-electron chi connectivity index (χ0n) is 6.97. The van der Waals surface area contributed by atoms with E-state index in [2.05, 4.69) is 0 Å². The highest BCUT2D eigenvalue weighted by molar-refractivity contribution is 8.68. The smallest absolute Gasteiger partial charge is 0.247 e. The van der Waals surface area contributed by atoms with Crippen LogP contribution >= 0.6 is 17.1 Å². The standard InChI is InChI=1S/C5H11O4PS2/c1-4(5(6)7)12-10(11,8-2)9-3/h4H,1-3H3,(H,6,7)/p-1. The van der Waals surface area contributed by atoms with E-state index in [9.17, 15) is 9.90 Å². The zero-order valence-corrected chi connectivity index (χ0v) is 9.50. The molecule has 0 radical (unpaired) electrons. The third kappa shape index (κ3) is 3.87. The summed E-state index contributed by atoms with van der Waals surface area (Å²) in [6.45, 7) is 1.49. The molecule has 0 saturated heterocycles. The summed E-state index contributed by atoms with van der Waals surface area (Å²) in [6, 6.07) is 0. The average molecular weight is 229 g/mol. The Labute approximate surface area is 80.5 Å². The van der Waals surface area contributed by atoms with E-state index in [0.717, 1.165) is 11.4 Å². The molecule has 0 heterocycles. The molecule has 0 bridgehead atoms. The molecular weight excluding hydrogens is 219 g/mol. The molecule has 1 atom stereocenters. The maximum absolute atomic E-state index is 10.3. The molecule has 0 fully saturated rings. The largest absolute Gasteiger partial charge is 0.549 e. The van der Waals surface area contributed by atoms with Gasteiger partial charge in [0.05, 0.1) is 11.2 Å². The fraction of sp³-hybridized carbons (Fsp3) is 0.800. The van der Waals surface area contributed by atoms with Gasteiger partial charge in [0.25, 0.3) is 0 Å². The van der Waals surface area contributed by atoms with Gasteiger partial charge in [0.2, 0.25) is 5.69 Å². The molecule has 1 unspecified atom stereocenters. The van der Waals surface area contributed by atoms with Crippen molar-refractivity contribution < 1.29 is 18.9 Å². The Balaban J connectivity index is 4.22. The summed E-state index contributed by atoms with van der Waals surface area (Å²) in [4.78, 5) is 10.3. The Hall–Kier alpha value is 0.390. The second-order valence-electron chi connectivity index (χ2n) is 1.88. The van der Waals surface area contributed by atoms with Crippen molar-refractivity contribution in [2.45, 2.75) is 12.2 Å². The number of aliphatic carboxylic acids is 1. The van der Waals surface area contributed by atoms with Gasteiger partial charge in [-0.1, -0.05) is 11.4 Å². The van der Waals surface area contributed by atoms with Crippen molar-refractivity contribution in [2.24, 2.45) is 0 Å². The van der Waals surface area contributed by atoms with Crippen molar-refractivity contribution in [2.75, 3.05) is 14.2 Å². The molecule has 7 heteroatoms. The summed E-state index contributed by atoms with van der Waals surface area (Å²) < 4.78 is 9.77. The zero-order chi connectivity index (χ0) is 9.78. The van der Waals surface area contributed by atoms with Gasteiger partial charge in [-0.05, 0) is 18.7 Å². The monoisotopic (exact) mass is 229 g/mol. The molecule has 0 aromatic heterocycles. The Kier molecular flexibility index (Phi) is 5.36. The lowest BCUT2D eigenvalue weighted by atomic mass is 10.5. The summed E-state index contributed by atoms with van der Waals surface area (Å²) in [7, 11) is 2.80. The van der Waals surface area contributed by atoms with Gasteiger partial charge in [-0.3, -0.25) is 0 Å². The lowest BCUT2D eigenvalue weighted by Crippen LogP contribution is -2.31. The highest BCUT2D eigenvalue weighted by Crippen LogP contribution is 2.61. The first kappa shape index (κ1) is 12.4. The molecule has 0 aliphatic carbocycles. The lowest BCUT2D eigenvalue weighted by molar-refractivity contribution is -0.304. The molecular formula is C5H10O4PS2-. The van der Waals surface area contributed by atoms with Gasteiger partial charge in [0.1, 0.15) is 0 Å². The number of carboxylic acid groups (broad SMARTS) is 1. The maximum Gasteiger partial charge on any atom is 0.247 e. The SMILES string of the molecule is COP(=S)(OC)SC(C)C(=O)[O-]. The maximum atomic E-state index is 10.3. The van der Waals surface area contributed by atoms with Crippen molar-refractivity contribution in [3.63, 3.8) is 0 Å². The van der Waals surface area contributed by atoms with Crippen LogP contribution in [0.15, 0.2) is 0 Å². The number of rotatable bonds is 5. The van der Waals surface area contributed by atoms with E-state index in [1.54, 1.807) is 0 Å². The van der Waals surface area contributed by atoms with Gasteiger partial charge in [0, 0.05) is 14.2 Å². The van der Waals surface area contributed by atoms with Crippen LogP contribution in [0, 0.1) is 0 Å². The molecule has 0 aromatic carbocycles. The number of carbonyl (C=O) groups excluding carboxylic acids is 1. The Bertz CT molecular complexity index is 200. The highest BCUT2D eigenvalue weighted by atomic mass is 32.9. The highest BCUT2D eigenvalue weighted by Gasteiger charge is 2.20. The van der Waals surface area contributed by atoms with Crippen molar-refractivity contribution in [3.05, 3.63) is 0 Å². The van der Waals surface area contributed by atoms with Crippen LogP contribution < -0.4 is 5.11 Å². The first-order valence-corrected chi connectivity index (χ1v) is 7.18. The average Bonchev–Trinajstić information content (AvgIpc) is 2.04. The second-order valence-corrected chi connectivity index (χ2v) is 8.63. The molecule has 0 rings (SSSR count). The van der Waals surface area contributed by atoms with E-state index in [1.807, 2.05) is 0 Å². The number of carboxylic acids is 1. The topological polar surface area (TPSA) is 58.6 Å². The molecule has 4 nitrogen and oxygen atoms in total. The Morgan fingerprint density at radius 3 is 2.25 bits per heavy atom. The first-order chi connectivity index (χ1) is 5.45. The third-order valence-electron chi connectivity index (χ3n) is 1.07. The van der Waals surface area contributed by atoms with Crippen LogP contribution in [0.3, 0.4) is 0 Å². The van der Waals surface area contributed by atoms with Crippen molar-refractivity contribution in [3.8, 4) is 0 Å². The molecule has 0 N–H and O–H groups in total. The second kappa shape index (κ2) is 5.19. The molecule has 0 aliphatic rings. The molecule has 0 aromatic rings. The van der Waals surface area contributed by atoms with Crippen LogP contribution in [-0.4, -0.2) is 25.4 Å². The quantitative estimate of drug-likeness (QED) is 0.635. The molecule has 0 saturated carbocycles. The van der Waals surface area contributed by atoms with E-state index < -0.39 is 16.9 Å². The van der Waals surface area contributed by atoms with Gasteiger partial charge in [-0.15, -0.1) is 0 Å². The van der Waals surface area contributed by atoms with E-state index in [0.29, 0.717) is 0 Å². The minimum atomic E-state index is -2.46. The van der Waals surface area contributed by atoms with Crippen molar-refractivity contribution in [1.29, 1.82) is 0 Å². The third-order valence-corrected chi connectivity index (χ3v) is 7.01. The summed E-state index contributed by atoms with van der Waals surface area (Å²) in [5.74, 6) is -1.16. The predicted molar refractivity (Wildman–Crippen MR) is 50.4 cm³/mol. The van der Waals surface area contributed by atoms with Crippen molar-refractivity contribution in [1.82, 2.24) is 0 Å². The normalized spacial score (nSPS) is 14.2. The van der Waals surface area contributed by atoms with Crippen LogP contribution in [0.25, 0.3) is 0 Å². The number of carbonyl (C=O) groups is 1. The van der Waals surface area contributed by atoms with Gasteiger partial charge in [-0.25, -0.2) is 0 Å². The summed E-state index contributed by atoms with van der Waals surface area (Å²) >= 11 is 5.91. The fourth-order valence-corrected chi connectivity index (χ4v) is 4.29. The number of hydrogen-bond acceptors (Lipinski definition) is 6. The summed E-state index contributed by atoms with van der Waals surface area (Å²) in [5.41, 5.74) is -2.46. The molecule has 72 valence electrons. The van der Waals surface area contributed by atoms with E-state index in [-0.39, 0.29) is 0 Å². The minimum absolute atomic E-state index is 0.712. The van der Waals surface area contributed by atoms with Crippen LogP contribution in [0.2, 0.25) is 0 Å². The van der Waals surface area contributed by atoms with Crippen molar-refractivity contribution >= 4 is 34.9 Å². The fourth-order valence-electron chi connectivity index (χ4n) is 0.397. The van der Waals surface area contributed by atoms with E-state index in [1.165, 1.54) is 21.1 Å². The lowest BCUT2D eigenvalue weighted by Gasteiger charge is -2.21.